The lowest BCUT2D eigenvalue weighted by Crippen LogP contribution is -2.49. The number of piperazine rings is 2. The van der Waals surface area contributed by atoms with Crippen molar-refractivity contribution in [3.05, 3.63) is 79.6 Å². The molecule has 0 unspecified atom stereocenters. The first kappa shape index (κ1) is 26.5. The van der Waals surface area contributed by atoms with Gasteiger partial charge < -0.3 is 19.4 Å². The van der Waals surface area contributed by atoms with Crippen LogP contribution in [0.3, 0.4) is 0 Å². The van der Waals surface area contributed by atoms with E-state index in [2.05, 4.69) is 30.7 Å². The van der Waals surface area contributed by atoms with Gasteiger partial charge in [-0.25, -0.2) is 4.98 Å². The minimum Gasteiger partial charge on any atom is -0.495 e. The summed E-state index contributed by atoms with van der Waals surface area (Å²) in [5.74, 6) is 1.38. The molecule has 2 aromatic carbocycles. The van der Waals surface area contributed by atoms with Gasteiger partial charge in [0.05, 0.1) is 18.5 Å². The number of amides is 1. The average Bonchev–Trinajstić information content (AvgIpc) is 2.93. The smallest absolute Gasteiger partial charge is 0.254 e. The van der Waals surface area contributed by atoms with Crippen molar-refractivity contribution < 1.29 is 9.53 Å². The van der Waals surface area contributed by atoms with E-state index in [1.807, 2.05) is 52.3 Å². The zero-order valence-electron chi connectivity index (χ0n) is 21.2. The third-order valence-corrected chi connectivity index (χ3v) is 7.69. The monoisotopic (exact) mass is 600 g/mol. The van der Waals surface area contributed by atoms with E-state index in [0.717, 1.165) is 47.8 Å². The Morgan fingerprint density at radius 1 is 1.00 bits per heavy atom. The van der Waals surface area contributed by atoms with E-state index < -0.39 is 0 Å². The molecule has 38 heavy (non-hydrogen) atoms. The molecule has 0 atom stereocenters. The number of benzene rings is 2. The molecule has 2 saturated heterocycles. The topological polar surface area (TPSA) is 85.0 Å². The van der Waals surface area contributed by atoms with Crippen LogP contribution in [0.25, 0.3) is 0 Å². The first-order valence-corrected chi connectivity index (χ1v) is 13.8. The molecule has 0 spiro atoms. The van der Waals surface area contributed by atoms with Crippen LogP contribution in [-0.2, 0) is 6.54 Å². The summed E-state index contributed by atoms with van der Waals surface area (Å²) in [5.41, 5.74) is 2.23. The number of rotatable bonds is 6. The van der Waals surface area contributed by atoms with Gasteiger partial charge in [0.25, 0.3) is 11.5 Å². The third-order valence-electron chi connectivity index (χ3n) is 6.96. The maximum absolute atomic E-state index is 12.9. The van der Waals surface area contributed by atoms with E-state index in [4.69, 9.17) is 21.3 Å². The number of methoxy groups -OCH3 is 1. The summed E-state index contributed by atoms with van der Waals surface area (Å²) in [6.45, 7) is 6.23. The molecule has 0 radical (unpaired) electrons. The van der Waals surface area contributed by atoms with Crippen LogP contribution in [0, 0.1) is 0 Å². The fraction of sp³-hybridized carbons (Fsp3) is 0.370. The molecule has 0 aliphatic carbocycles. The largest absolute Gasteiger partial charge is 0.495 e. The molecule has 3 aromatic rings. The zero-order chi connectivity index (χ0) is 26.6. The number of carbonyl (C=O) groups is 1. The number of H-pyrrole nitrogens is 1. The highest BCUT2D eigenvalue weighted by Gasteiger charge is 2.25. The molecule has 5 rings (SSSR count). The summed E-state index contributed by atoms with van der Waals surface area (Å²) in [4.78, 5) is 41.5. The molecule has 11 heteroatoms. The summed E-state index contributed by atoms with van der Waals surface area (Å²) in [6, 6.07) is 14.7. The van der Waals surface area contributed by atoms with Crippen molar-refractivity contribution in [3.63, 3.8) is 0 Å². The van der Waals surface area contributed by atoms with Crippen molar-refractivity contribution in [2.45, 2.75) is 6.54 Å². The molecule has 9 nitrogen and oxygen atoms in total. The van der Waals surface area contributed by atoms with Gasteiger partial charge in [-0.2, -0.15) is 0 Å². The Morgan fingerprint density at radius 2 is 1.74 bits per heavy atom. The van der Waals surface area contributed by atoms with Crippen LogP contribution < -0.4 is 20.1 Å². The predicted molar refractivity (Wildman–Crippen MR) is 153 cm³/mol. The second-order valence-electron chi connectivity index (χ2n) is 9.43. The molecule has 2 fully saturated rings. The van der Waals surface area contributed by atoms with Crippen molar-refractivity contribution in [1.82, 2.24) is 19.8 Å². The van der Waals surface area contributed by atoms with Crippen molar-refractivity contribution in [2.24, 2.45) is 0 Å². The maximum Gasteiger partial charge on any atom is 0.254 e. The first-order valence-electron chi connectivity index (χ1n) is 12.6. The number of ether oxygens (including phenoxy) is 1. The second-order valence-corrected chi connectivity index (χ2v) is 10.8. The standard InChI is InChI=1S/C27H30BrClN6O3/c1-38-24-6-5-21(29)16-23(24)33-9-7-32(8-10-33)18-22-17-25(36)31-27(30-22)35-13-11-34(12-14-35)26(37)19-3-2-4-20(28)15-19/h2-6,15-17H,7-14,18H2,1H3,(H,30,31,36). The predicted octanol–water partition coefficient (Wildman–Crippen LogP) is 3.48. The van der Waals surface area contributed by atoms with E-state index in [-0.39, 0.29) is 11.5 Å². The molecular formula is C27H30BrClN6O3. The Kier molecular flexibility index (Phi) is 8.21. The van der Waals surface area contributed by atoms with Crippen LogP contribution in [-0.4, -0.2) is 85.1 Å². The van der Waals surface area contributed by atoms with E-state index >= 15 is 0 Å². The number of hydrogen-bond donors (Lipinski definition) is 1. The Bertz CT molecular complexity index is 1350. The minimum absolute atomic E-state index is 0.00990. The summed E-state index contributed by atoms with van der Waals surface area (Å²) < 4.78 is 6.40. The van der Waals surface area contributed by atoms with E-state index in [1.54, 1.807) is 13.2 Å². The molecule has 0 bridgehead atoms. The van der Waals surface area contributed by atoms with Gasteiger partial charge in [-0.05, 0) is 36.4 Å². The normalized spacial score (nSPS) is 16.6. The second kappa shape index (κ2) is 11.8. The number of aromatic amines is 1. The number of nitrogens with one attached hydrogen (secondary N) is 1. The Hall–Kier alpha value is -3.08. The number of anilines is 2. The SMILES string of the molecule is COc1ccc(Cl)cc1N1CCN(Cc2cc(=O)[nH]c(N3CCN(C(=O)c4cccc(Br)c4)CC3)n2)CC1. The number of halogens is 2. The van der Waals surface area contributed by atoms with E-state index in [1.165, 1.54) is 0 Å². The van der Waals surface area contributed by atoms with Crippen LogP contribution >= 0.6 is 27.5 Å². The lowest BCUT2D eigenvalue weighted by Gasteiger charge is -2.37. The zero-order valence-corrected chi connectivity index (χ0v) is 23.5. The van der Waals surface area contributed by atoms with Gasteiger partial charge >= 0.3 is 0 Å². The number of carbonyl (C=O) groups excluding carboxylic acids is 1. The summed E-state index contributed by atoms with van der Waals surface area (Å²) in [6.07, 6.45) is 0. The summed E-state index contributed by atoms with van der Waals surface area (Å²) >= 11 is 9.65. The number of hydrogen-bond acceptors (Lipinski definition) is 7. The lowest BCUT2D eigenvalue weighted by molar-refractivity contribution is 0.0746. The van der Waals surface area contributed by atoms with Crippen LogP contribution in [0.15, 0.2) is 57.8 Å². The quantitative estimate of drug-likeness (QED) is 0.463. The van der Waals surface area contributed by atoms with Gasteiger partial charge in [0.15, 0.2) is 0 Å². The first-order chi connectivity index (χ1) is 18.4. The van der Waals surface area contributed by atoms with Crippen LogP contribution in [0.4, 0.5) is 11.6 Å². The van der Waals surface area contributed by atoms with Gasteiger partial charge in [-0.3, -0.25) is 19.5 Å². The maximum atomic E-state index is 12.9. The van der Waals surface area contributed by atoms with Gasteiger partial charge in [0.2, 0.25) is 5.95 Å². The minimum atomic E-state index is -0.167. The Morgan fingerprint density at radius 3 is 2.45 bits per heavy atom. The van der Waals surface area contributed by atoms with Gasteiger partial charge in [-0.1, -0.05) is 33.6 Å². The molecule has 0 saturated carbocycles. The van der Waals surface area contributed by atoms with Crippen molar-refractivity contribution >= 4 is 45.1 Å². The summed E-state index contributed by atoms with van der Waals surface area (Å²) in [7, 11) is 1.67. The molecule has 200 valence electrons. The van der Waals surface area contributed by atoms with Gasteiger partial charge in [0, 0.05) is 80.0 Å². The molecule has 1 aromatic heterocycles. The average molecular weight is 602 g/mol. The van der Waals surface area contributed by atoms with Crippen LogP contribution in [0.1, 0.15) is 16.1 Å². The van der Waals surface area contributed by atoms with Gasteiger partial charge in [-0.15, -0.1) is 0 Å². The van der Waals surface area contributed by atoms with Crippen molar-refractivity contribution in [2.75, 3.05) is 69.3 Å². The molecule has 1 amide bonds. The fourth-order valence-corrected chi connectivity index (χ4v) is 5.50. The lowest BCUT2D eigenvalue weighted by atomic mass is 10.2. The Labute approximate surface area is 235 Å². The van der Waals surface area contributed by atoms with Crippen molar-refractivity contribution in [1.29, 1.82) is 0 Å². The third kappa shape index (κ3) is 6.14. The Balaban J connectivity index is 1.18. The fourth-order valence-electron chi connectivity index (χ4n) is 4.94. The van der Waals surface area contributed by atoms with E-state index in [0.29, 0.717) is 49.3 Å². The van der Waals surface area contributed by atoms with Crippen LogP contribution in [0.2, 0.25) is 5.02 Å². The van der Waals surface area contributed by atoms with Gasteiger partial charge in [0.1, 0.15) is 5.75 Å². The highest BCUT2D eigenvalue weighted by Crippen LogP contribution is 2.32. The summed E-state index contributed by atoms with van der Waals surface area (Å²) in [5, 5.41) is 0.682. The molecule has 3 heterocycles. The molecular weight excluding hydrogens is 572 g/mol. The molecule has 2 aliphatic rings. The number of aromatic nitrogens is 2. The number of nitrogens with zero attached hydrogens (tertiary/aromatic N) is 5. The highest BCUT2D eigenvalue weighted by molar-refractivity contribution is 9.10. The van der Waals surface area contributed by atoms with Crippen LogP contribution in [0.5, 0.6) is 5.75 Å². The van der Waals surface area contributed by atoms with Crippen molar-refractivity contribution in [3.8, 4) is 5.75 Å². The highest BCUT2D eigenvalue weighted by atomic mass is 79.9. The molecule has 1 N–H and O–H groups in total. The molecule has 2 aliphatic heterocycles. The van der Waals surface area contributed by atoms with E-state index in [9.17, 15) is 9.59 Å².